The van der Waals surface area contributed by atoms with Crippen LogP contribution in [0, 0.1) is 27.7 Å². The average Bonchev–Trinajstić information content (AvgIpc) is 2.59. The molecule has 0 atom stereocenters. The van der Waals surface area contributed by atoms with Crippen LogP contribution in [0.1, 0.15) is 22.8 Å². The van der Waals surface area contributed by atoms with Crippen molar-refractivity contribution in [2.45, 2.75) is 32.6 Å². The van der Waals surface area contributed by atoms with Crippen LogP contribution in [0.5, 0.6) is 0 Å². The quantitative estimate of drug-likeness (QED) is 0.387. The Morgan fingerprint density at radius 2 is 1.35 bits per heavy atom. The average molecular weight is 463 g/mol. The van der Waals surface area contributed by atoms with E-state index in [-0.39, 0.29) is 35.2 Å². The van der Waals surface area contributed by atoms with Crippen LogP contribution in [0.2, 0.25) is 0 Å². The Bertz CT molecular complexity index is 1170. The summed E-state index contributed by atoms with van der Waals surface area (Å²) in [6.45, 7) is 7.21. The van der Waals surface area contributed by atoms with E-state index in [2.05, 4.69) is 35.0 Å². The number of halogens is 1. The first-order valence-corrected chi connectivity index (χ1v) is 10.5. The Hall–Kier alpha value is -3.31. The molecule has 2 aromatic heterocycles. The highest BCUT2D eigenvalue weighted by atomic mass is 35.5. The van der Waals surface area contributed by atoms with Gasteiger partial charge in [-0.25, -0.2) is 33.1 Å². The van der Waals surface area contributed by atoms with Crippen molar-refractivity contribution in [1.29, 1.82) is 0 Å². The molecular weight excluding hydrogens is 440 g/mol. The molecule has 1 aromatic carbocycles. The van der Waals surface area contributed by atoms with Gasteiger partial charge in [-0.3, -0.25) is 0 Å². The number of aromatic nitrogens is 4. The molecule has 4 N–H and O–H groups in total. The topological polar surface area (TPSA) is 148 Å². The smallest absolute Gasteiger partial charge is 0.264 e. The van der Waals surface area contributed by atoms with Crippen LogP contribution >= 0.6 is 12.4 Å². The second-order valence-corrected chi connectivity index (χ2v) is 8.36. The number of rotatable bonds is 5. The summed E-state index contributed by atoms with van der Waals surface area (Å²) in [4.78, 5) is 20.8. The Kier molecular flexibility index (Phi) is 7.47. The van der Waals surface area contributed by atoms with E-state index in [0.717, 1.165) is 11.4 Å². The second kappa shape index (κ2) is 9.67. The van der Waals surface area contributed by atoms with E-state index < -0.39 is 10.0 Å². The molecule has 0 aliphatic carbocycles. The fourth-order valence-corrected chi connectivity index (χ4v) is 3.65. The highest BCUT2D eigenvalue weighted by Gasteiger charge is 2.16. The van der Waals surface area contributed by atoms with Crippen LogP contribution in [-0.4, -0.2) is 34.3 Å². The molecule has 164 valence electrons. The molecule has 0 fully saturated rings. The lowest BCUT2D eigenvalue weighted by Gasteiger charge is -2.09. The van der Waals surface area contributed by atoms with E-state index >= 15 is 0 Å². The van der Waals surface area contributed by atoms with Crippen molar-refractivity contribution in [3.8, 4) is 0 Å². The SMILES string of the molecule is Cc1cc(C)nc(N=C(N)Nc2ccc(S(=O)(=O)Nc3nc(C)cc(C)n3)cc2)n1.Cl. The van der Waals surface area contributed by atoms with E-state index in [0.29, 0.717) is 17.1 Å². The summed E-state index contributed by atoms with van der Waals surface area (Å²) in [5.41, 5.74) is 9.36. The van der Waals surface area contributed by atoms with E-state index in [4.69, 9.17) is 5.73 Å². The van der Waals surface area contributed by atoms with Gasteiger partial charge in [-0.05, 0) is 64.1 Å². The predicted octanol–water partition coefficient (Wildman–Crippen LogP) is 2.78. The molecule has 10 nitrogen and oxygen atoms in total. The van der Waals surface area contributed by atoms with E-state index in [1.54, 1.807) is 32.0 Å². The molecule has 0 radical (unpaired) electrons. The van der Waals surface area contributed by atoms with Gasteiger partial charge >= 0.3 is 0 Å². The van der Waals surface area contributed by atoms with Crippen molar-refractivity contribution in [1.82, 2.24) is 19.9 Å². The fourth-order valence-electron chi connectivity index (χ4n) is 2.71. The van der Waals surface area contributed by atoms with Crippen molar-refractivity contribution >= 4 is 46.0 Å². The highest BCUT2D eigenvalue weighted by molar-refractivity contribution is 7.92. The standard InChI is InChI=1S/C19H22N8O2S.ClH/c1-11-9-12(2)22-18(21-11)26-17(20)25-15-5-7-16(8-6-15)30(28,29)27-19-23-13(3)10-14(4)24-19;/h5-10H,1-4H3,(H,23,24,27)(H3,20,21,22,25,26);1H. The number of hydrogen-bond donors (Lipinski definition) is 3. The van der Waals surface area contributed by atoms with Crippen LogP contribution in [0.3, 0.4) is 0 Å². The Balaban J connectivity index is 0.00000341. The molecule has 0 unspecified atom stereocenters. The zero-order valence-corrected chi connectivity index (χ0v) is 19.0. The first-order chi connectivity index (χ1) is 14.1. The minimum atomic E-state index is -3.83. The fraction of sp³-hybridized carbons (Fsp3) is 0.211. The molecule has 0 aliphatic heterocycles. The molecule has 0 amide bonds. The maximum absolute atomic E-state index is 12.6. The van der Waals surface area contributed by atoms with Crippen molar-refractivity contribution in [3.05, 3.63) is 59.2 Å². The van der Waals surface area contributed by atoms with Crippen LogP contribution in [0.25, 0.3) is 0 Å². The number of aliphatic imine (C=N–C) groups is 1. The molecule has 0 saturated heterocycles. The molecule has 3 aromatic rings. The number of hydrogen-bond acceptors (Lipinski definition) is 7. The largest absolute Gasteiger partial charge is 0.369 e. The van der Waals surface area contributed by atoms with Gasteiger partial charge in [-0.2, -0.15) is 4.99 Å². The van der Waals surface area contributed by atoms with Gasteiger partial charge in [0, 0.05) is 28.5 Å². The zero-order valence-electron chi connectivity index (χ0n) is 17.4. The van der Waals surface area contributed by atoms with Gasteiger partial charge in [0.1, 0.15) is 0 Å². The number of nitrogens with zero attached hydrogens (tertiary/aromatic N) is 5. The zero-order chi connectivity index (χ0) is 21.9. The molecule has 2 heterocycles. The number of anilines is 2. The summed E-state index contributed by atoms with van der Waals surface area (Å²) in [5, 5.41) is 2.88. The molecule has 0 spiro atoms. The van der Waals surface area contributed by atoms with Gasteiger partial charge in [-0.1, -0.05) is 0 Å². The number of nitrogens with two attached hydrogens (primary N) is 1. The van der Waals surface area contributed by atoms with Gasteiger partial charge in [0.25, 0.3) is 16.0 Å². The molecule has 0 saturated carbocycles. The maximum atomic E-state index is 12.6. The van der Waals surface area contributed by atoms with Crippen molar-refractivity contribution in [2.24, 2.45) is 10.7 Å². The predicted molar refractivity (Wildman–Crippen MR) is 122 cm³/mol. The number of guanidine groups is 1. The third-order valence-electron chi connectivity index (χ3n) is 3.84. The lowest BCUT2D eigenvalue weighted by atomic mass is 10.3. The van der Waals surface area contributed by atoms with Gasteiger partial charge in [0.15, 0.2) is 0 Å². The summed E-state index contributed by atoms with van der Waals surface area (Å²) < 4.78 is 27.6. The minimum Gasteiger partial charge on any atom is -0.369 e. The third kappa shape index (κ3) is 6.59. The Labute approximate surface area is 186 Å². The van der Waals surface area contributed by atoms with E-state index in [1.165, 1.54) is 12.1 Å². The minimum absolute atomic E-state index is 0. The molecule has 31 heavy (non-hydrogen) atoms. The summed E-state index contributed by atoms with van der Waals surface area (Å²) in [6, 6.07) is 9.61. The monoisotopic (exact) mass is 462 g/mol. The third-order valence-corrected chi connectivity index (χ3v) is 5.18. The van der Waals surface area contributed by atoms with Crippen LogP contribution in [0.4, 0.5) is 17.6 Å². The first kappa shape index (κ1) is 24.0. The number of nitrogens with one attached hydrogen (secondary N) is 2. The second-order valence-electron chi connectivity index (χ2n) is 6.68. The van der Waals surface area contributed by atoms with Gasteiger partial charge < -0.3 is 11.1 Å². The maximum Gasteiger partial charge on any atom is 0.264 e. The summed E-state index contributed by atoms with van der Waals surface area (Å²) >= 11 is 0. The number of aryl methyl sites for hydroxylation is 4. The summed E-state index contributed by atoms with van der Waals surface area (Å²) in [5.74, 6) is 0.353. The van der Waals surface area contributed by atoms with Crippen molar-refractivity contribution in [2.75, 3.05) is 10.0 Å². The Morgan fingerprint density at radius 1 is 0.871 bits per heavy atom. The van der Waals surface area contributed by atoms with Crippen molar-refractivity contribution < 1.29 is 8.42 Å². The lowest BCUT2D eigenvalue weighted by Crippen LogP contribution is -2.22. The van der Waals surface area contributed by atoms with Gasteiger partial charge in [0.05, 0.1) is 4.90 Å². The number of sulfonamides is 1. The van der Waals surface area contributed by atoms with E-state index in [9.17, 15) is 8.42 Å². The molecule has 3 rings (SSSR count). The Morgan fingerprint density at radius 3 is 1.87 bits per heavy atom. The summed E-state index contributed by atoms with van der Waals surface area (Å²) in [6.07, 6.45) is 0. The molecule has 0 aliphatic rings. The number of benzene rings is 1. The van der Waals surface area contributed by atoms with Gasteiger partial charge in [-0.15, -0.1) is 12.4 Å². The molecule has 0 bridgehead atoms. The van der Waals surface area contributed by atoms with E-state index in [1.807, 2.05) is 19.9 Å². The normalized spacial score (nSPS) is 11.5. The van der Waals surface area contributed by atoms with Crippen LogP contribution in [-0.2, 0) is 10.0 Å². The lowest BCUT2D eigenvalue weighted by molar-refractivity contribution is 0.601. The highest BCUT2D eigenvalue weighted by Crippen LogP contribution is 2.17. The summed E-state index contributed by atoms with van der Waals surface area (Å²) in [7, 11) is -3.83. The van der Waals surface area contributed by atoms with Crippen LogP contribution < -0.4 is 15.8 Å². The van der Waals surface area contributed by atoms with Crippen LogP contribution in [0.15, 0.2) is 46.3 Å². The van der Waals surface area contributed by atoms with Crippen molar-refractivity contribution in [3.63, 3.8) is 0 Å². The molecule has 12 heteroatoms. The molecular formula is C19H23ClN8O2S. The van der Waals surface area contributed by atoms with Gasteiger partial charge in [0.2, 0.25) is 11.9 Å². The first-order valence-electron chi connectivity index (χ1n) is 8.99.